The van der Waals surface area contributed by atoms with Gasteiger partial charge in [-0.1, -0.05) is 66.6 Å². The molecule has 0 saturated carbocycles. The zero-order chi connectivity index (χ0) is 32.6. The first-order valence-electron chi connectivity index (χ1n) is 15.7. The highest BCUT2D eigenvalue weighted by Crippen LogP contribution is 2.57. The molecular formula is C40H34O6S. The largest absolute Gasteiger partial charge is 0.497 e. The second-order valence-corrected chi connectivity index (χ2v) is 12.3. The quantitative estimate of drug-likeness (QED) is 0.0716. The summed E-state index contributed by atoms with van der Waals surface area (Å²) in [7, 11) is 1.65. The van der Waals surface area contributed by atoms with E-state index in [1.54, 1.807) is 7.11 Å². The minimum atomic E-state index is -1.11. The van der Waals surface area contributed by atoms with Gasteiger partial charge in [-0.3, -0.25) is 4.79 Å². The molecule has 0 radical (unpaired) electrons. The lowest BCUT2D eigenvalue weighted by atomic mass is 9.81. The third-order valence-electron chi connectivity index (χ3n) is 9.02. The van der Waals surface area contributed by atoms with E-state index in [1.165, 1.54) is 0 Å². The van der Waals surface area contributed by atoms with E-state index in [0.717, 1.165) is 60.4 Å². The number of aliphatic hydroxyl groups excluding tert-OH is 1. The molecule has 0 spiro atoms. The van der Waals surface area contributed by atoms with Gasteiger partial charge in [0.25, 0.3) is 0 Å². The number of ether oxygens (including phenoxy) is 4. The molecule has 0 fully saturated rings. The SMILES string of the molecule is COc1ccc(C2(c3ccc(S)cc3)C#Cc3c4c(c5ccccc5c3O2)-c2ccccc2C4(C)OCCOC(=O)CCCO)cc1. The third kappa shape index (κ3) is 5.23. The average Bonchev–Trinajstić information content (AvgIpc) is 3.38. The van der Waals surface area contributed by atoms with E-state index in [4.69, 9.17) is 24.1 Å². The van der Waals surface area contributed by atoms with Gasteiger partial charge in [0.2, 0.25) is 5.60 Å². The highest BCUT2D eigenvalue weighted by atomic mass is 32.1. The summed E-state index contributed by atoms with van der Waals surface area (Å²) in [6.45, 7) is 2.27. The fourth-order valence-electron chi connectivity index (χ4n) is 6.77. The molecule has 6 nitrogen and oxygen atoms in total. The summed E-state index contributed by atoms with van der Waals surface area (Å²) in [5, 5.41) is 11.0. The predicted octanol–water partition coefficient (Wildman–Crippen LogP) is 7.40. The molecular weight excluding hydrogens is 609 g/mol. The normalized spacial score (nSPS) is 18.7. The Balaban J connectivity index is 1.41. The fraction of sp³-hybridized carbons (Fsp3) is 0.225. The Kier molecular flexibility index (Phi) is 8.19. The van der Waals surface area contributed by atoms with Crippen molar-refractivity contribution in [1.29, 1.82) is 0 Å². The van der Waals surface area contributed by atoms with Gasteiger partial charge in [-0.25, -0.2) is 0 Å². The lowest BCUT2D eigenvalue weighted by Gasteiger charge is -2.36. The van der Waals surface area contributed by atoms with Crippen LogP contribution in [0, 0.1) is 11.8 Å². The van der Waals surface area contributed by atoms with E-state index in [-0.39, 0.29) is 32.2 Å². The van der Waals surface area contributed by atoms with Crippen LogP contribution in [0.1, 0.15) is 47.6 Å². The Morgan fingerprint density at radius 3 is 2.30 bits per heavy atom. The molecule has 47 heavy (non-hydrogen) atoms. The van der Waals surface area contributed by atoms with Crippen LogP contribution in [0.2, 0.25) is 0 Å². The van der Waals surface area contributed by atoms with E-state index in [9.17, 15) is 4.79 Å². The highest BCUT2D eigenvalue weighted by molar-refractivity contribution is 7.80. The first-order chi connectivity index (χ1) is 22.9. The molecule has 2 unspecified atom stereocenters. The van der Waals surface area contributed by atoms with Gasteiger partial charge in [-0.05, 0) is 77.7 Å². The number of thiol groups is 1. The number of carbonyl (C=O) groups is 1. The maximum atomic E-state index is 12.1. The van der Waals surface area contributed by atoms with Crippen molar-refractivity contribution in [2.45, 2.75) is 35.9 Å². The van der Waals surface area contributed by atoms with Crippen LogP contribution in [0.5, 0.6) is 11.5 Å². The zero-order valence-electron chi connectivity index (χ0n) is 26.2. The van der Waals surface area contributed by atoms with Gasteiger partial charge >= 0.3 is 5.97 Å². The molecule has 1 heterocycles. The van der Waals surface area contributed by atoms with Crippen LogP contribution < -0.4 is 9.47 Å². The van der Waals surface area contributed by atoms with Crippen LogP contribution >= 0.6 is 12.6 Å². The molecule has 236 valence electrons. The number of aliphatic hydroxyl groups is 1. The van der Waals surface area contributed by atoms with Gasteiger partial charge in [0.1, 0.15) is 23.7 Å². The molecule has 2 atom stereocenters. The molecule has 1 aliphatic heterocycles. The van der Waals surface area contributed by atoms with Crippen molar-refractivity contribution in [2.24, 2.45) is 0 Å². The van der Waals surface area contributed by atoms with E-state index < -0.39 is 11.2 Å². The standard InChI is InChI=1S/C40H34O6S/c1-39(45-25-24-44-35(42)12-7-23-41)34-11-6-5-10-32(34)36-30-8-3-4-9-31(30)38-33(37(36)39)21-22-40(46-38,27-15-19-29(47)20-16-27)26-13-17-28(43-2)18-14-26/h3-6,8-11,13-20,41,47H,7,12,23-25H2,1-2H3. The summed E-state index contributed by atoms with van der Waals surface area (Å²) >= 11 is 4.53. The molecule has 7 heteroatoms. The molecule has 0 bridgehead atoms. The molecule has 2 aliphatic rings. The van der Waals surface area contributed by atoms with Gasteiger partial charge in [-0.15, -0.1) is 12.6 Å². The van der Waals surface area contributed by atoms with Gasteiger partial charge in [-0.2, -0.15) is 0 Å². The Hall–Kier alpha value is -4.74. The third-order valence-corrected chi connectivity index (χ3v) is 9.32. The number of hydrogen-bond donors (Lipinski definition) is 2. The number of esters is 1. The Bertz CT molecular complexity index is 2040. The van der Waals surface area contributed by atoms with Crippen molar-refractivity contribution in [2.75, 3.05) is 26.9 Å². The summed E-state index contributed by atoms with van der Waals surface area (Å²) in [5.41, 5.74) is 4.60. The first-order valence-corrected chi connectivity index (χ1v) is 16.1. The van der Waals surface area contributed by atoms with Gasteiger partial charge in [0.15, 0.2) is 0 Å². The maximum absolute atomic E-state index is 12.1. The number of fused-ring (bicyclic) bond motifs is 8. The molecule has 0 saturated heterocycles. The molecule has 0 amide bonds. The second kappa shape index (κ2) is 12.5. The van der Waals surface area contributed by atoms with Crippen LogP contribution in [0.15, 0.2) is 102 Å². The van der Waals surface area contributed by atoms with Crippen molar-refractivity contribution in [3.8, 4) is 34.5 Å². The van der Waals surface area contributed by atoms with Crippen molar-refractivity contribution < 1.29 is 28.8 Å². The lowest BCUT2D eigenvalue weighted by molar-refractivity contribution is -0.147. The molecule has 1 N–H and O–H groups in total. The van der Waals surface area contributed by atoms with Crippen LogP contribution in [0.4, 0.5) is 0 Å². The second-order valence-electron chi connectivity index (χ2n) is 11.8. The van der Waals surface area contributed by atoms with Crippen LogP contribution in [0.3, 0.4) is 0 Å². The average molecular weight is 643 g/mol. The smallest absolute Gasteiger partial charge is 0.305 e. The molecule has 0 aromatic heterocycles. The van der Waals surface area contributed by atoms with Gasteiger partial charge in [0, 0.05) is 40.0 Å². The minimum absolute atomic E-state index is 0.0559. The zero-order valence-corrected chi connectivity index (χ0v) is 27.1. The van der Waals surface area contributed by atoms with Crippen molar-refractivity contribution in [3.05, 3.63) is 125 Å². The number of rotatable bonds is 10. The van der Waals surface area contributed by atoms with E-state index >= 15 is 0 Å². The highest BCUT2D eigenvalue weighted by Gasteiger charge is 2.47. The lowest BCUT2D eigenvalue weighted by Crippen LogP contribution is -2.36. The van der Waals surface area contributed by atoms with Crippen molar-refractivity contribution >= 4 is 29.4 Å². The van der Waals surface area contributed by atoms with Gasteiger partial charge in [0.05, 0.1) is 19.3 Å². The summed E-state index contributed by atoms with van der Waals surface area (Å²) in [4.78, 5) is 13.0. The summed E-state index contributed by atoms with van der Waals surface area (Å²) < 4.78 is 24.8. The van der Waals surface area contributed by atoms with Crippen molar-refractivity contribution in [3.63, 3.8) is 0 Å². The number of hydrogen-bond acceptors (Lipinski definition) is 7. The topological polar surface area (TPSA) is 74.2 Å². The van der Waals surface area contributed by atoms with Crippen molar-refractivity contribution in [1.82, 2.24) is 0 Å². The summed E-state index contributed by atoms with van der Waals surface area (Å²) in [6, 6.07) is 32.3. The Labute approximate surface area is 279 Å². The number of benzene rings is 5. The van der Waals surface area contributed by atoms with Crippen LogP contribution in [-0.4, -0.2) is 38.0 Å². The molecule has 1 aliphatic carbocycles. The molecule has 5 aromatic rings. The van der Waals surface area contributed by atoms with Gasteiger partial charge < -0.3 is 24.1 Å². The molecule has 7 rings (SSSR count). The molecule has 5 aromatic carbocycles. The van der Waals surface area contributed by atoms with E-state index in [1.807, 2.05) is 72.8 Å². The number of carbonyl (C=O) groups excluding carboxylic acids is 1. The predicted molar refractivity (Wildman–Crippen MR) is 184 cm³/mol. The Morgan fingerprint density at radius 1 is 0.894 bits per heavy atom. The Morgan fingerprint density at radius 2 is 1.57 bits per heavy atom. The fourth-order valence-corrected chi connectivity index (χ4v) is 6.92. The monoisotopic (exact) mass is 642 g/mol. The van der Waals surface area contributed by atoms with E-state index in [2.05, 4.69) is 55.7 Å². The maximum Gasteiger partial charge on any atom is 0.305 e. The minimum Gasteiger partial charge on any atom is -0.497 e. The van der Waals surface area contributed by atoms with Crippen LogP contribution in [-0.2, 0) is 25.5 Å². The first kappa shape index (κ1) is 30.9. The number of methoxy groups -OCH3 is 1. The van der Waals surface area contributed by atoms with Crippen LogP contribution in [0.25, 0.3) is 21.9 Å². The summed E-state index contributed by atoms with van der Waals surface area (Å²) in [6.07, 6.45) is 0.533. The van der Waals surface area contributed by atoms with E-state index in [0.29, 0.717) is 12.2 Å². The summed E-state index contributed by atoms with van der Waals surface area (Å²) in [5.74, 6) is 8.22.